The number of amides is 2. The summed E-state index contributed by atoms with van der Waals surface area (Å²) in [4.78, 5) is 28.5. The van der Waals surface area contributed by atoms with Crippen LogP contribution in [0.5, 0.6) is 5.75 Å². The molecule has 28 heavy (non-hydrogen) atoms. The number of carbonyl (C=O) groups is 2. The van der Waals surface area contributed by atoms with E-state index in [0.29, 0.717) is 36.0 Å². The van der Waals surface area contributed by atoms with Gasteiger partial charge >= 0.3 is 0 Å². The van der Waals surface area contributed by atoms with E-state index in [2.05, 4.69) is 0 Å². The second kappa shape index (κ2) is 8.04. The Morgan fingerprint density at radius 2 is 1.64 bits per heavy atom. The largest absolute Gasteiger partial charge is 0.482 e. The molecule has 1 aromatic carbocycles. The van der Waals surface area contributed by atoms with E-state index >= 15 is 0 Å². The third-order valence-corrected chi connectivity index (χ3v) is 4.56. The van der Waals surface area contributed by atoms with Crippen molar-refractivity contribution in [2.75, 3.05) is 18.1 Å². The zero-order valence-electron chi connectivity index (χ0n) is 15.2. The molecule has 1 aliphatic heterocycles. The Labute approximate surface area is 162 Å². The lowest BCUT2D eigenvalue weighted by Gasteiger charge is -2.30. The molecule has 0 radical (unpaired) electrons. The number of nitrogens with zero attached hydrogens (tertiary/aromatic N) is 2. The monoisotopic (exact) mass is 380 g/mol. The first-order chi connectivity index (χ1) is 13.7. The lowest BCUT2D eigenvalue weighted by molar-refractivity contribution is -0.132. The fourth-order valence-corrected chi connectivity index (χ4v) is 3.18. The molecule has 2 amide bonds. The number of carbonyl (C=O) groups excluding carboxylic acids is 2. The molecule has 0 bridgehead atoms. The number of fused-ring (bicyclic) bond motifs is 1. The van der Waals surface area contributed by atoms with E-state index in [9.17, 15) is 9.59 Å². The number of anilines is 1. The molecule has 3 aromatic rings. The third kappa shape index (κ3) is 3.93. The van der Waals surface area contributed by atoms with Gasteiger partial charge in [0.1, 0.15) is 17.3 Å². The summed E-state index contributed by atoms with van der Waals surface area (Å²) in [5.41, 5.74) is 0.690. The molecular formula is C21H20N2O5. The Morgan fingerprint density at radius 1 is 0.964 bits per heavy atom. The summed E-state index contributed by atoms with van der Waals surface area (Å²) < 4.78 is 16.2. The molecule has 0 saturated carbocycles. The van der Waals surface area contributed by atoms with Crippen molar-refractivity contribution in [2.24, 2.45) is 0 Å². The van der Waals surface area contributed by atoms with Crippen molar-refractivity contribution >= 4 is 17.5 Å². The molecule has 0 spiro atoms. The van der Waals surface area contributed by atoms with Crippen LogP contribution < -0.4 is 9.64 Å². The molecular weight excluding hydrogens is 360 g/mol. The average molecular weight is 380 g/mol. The second-order valence-electron chi connectivity index (χ2n) is 6.46. The van der Waals surface area contributed by atoms with Crippen molar-refractivity contribution in [2.45, 2.75) is 19.5 Å². The van der Waals surface area contributed by atoms with Crippen LogP contribution in [-0.2, 0) is 22.7 Å². The minimum Gasteiger partial charge on any atom is -0.482 e. The van der Waals surface area contributed by atoms with Gasteiger partial charge in [-0.05, 0) is 36.4 Å². The normalized spacial score (nSPS) is 13.1. The smallest absolute Gasteiger partial charge is 0.265 e. The van der Waals surface area contributed by atoms with Crippen LogP contribution in [0, 0.1) is 0 Å². The van der Waals surface area contributed by atoms with Crippen LogP contribution in [0.1, 0.15) is 17.9 Å². The first kappa shape index (κ1) is 17.9. The number of hydrogen-bond acceptors (Lipinski definition) is 5. The standard InChI is InChI=1S/C21H20N2O5/c24-20(9-10-23-18-7-1-2-8-19(18)28-15-21(23)25)22(13-16-5-3-11-26-16)14-17-6-4-12-27-17/h1-8,11-12H,9-10,13-15H2. The first-order valence-corrected chi connectivity index (χ1v) is 9.05. The number of ether oxygens (including phenoxy) is 1. The average Bonchev–Trinajstić information content (AvgIpc) is 3.41. The minimum atomic E-state index is -0.157. The highest BCUT2D eigenvalue weighted by Gasteiger charge is 2.26. The van der Waals surface area contributed by atoms with E-state index in [1.165, 1.54) is 0 Å². The molecule has 0 saturated heterocycles. The highest BCUT2D eigenvalue weighted by Crippen LogP contribution is 2.31. The van der Waals surface area contributed by atoms with Crippen LogP contribution in [0.2, 0.25) is 0 Å². The fourth-order valence-electron chi connectivity index (χ4n) is 3.18. The van der Waals surface area contributed by atoms with Crippen LogP contribution in [0.15, 0.2) is 69.9 Å². The highest BCUT2D eigenvalue weighted by atomic mass is 16.5. The van der Waals surface area contributed by atoms with Crippen LogP contribution in [0.25, 0.3) is 0 Å². The molecule has 4 rings (SSSR count). The van der Waals surface area contributed by atoms with Gasteiger partial charge in [-0.15, -0.1) is 0 Å². The van der Waals surface area contributed by atoms with Gasteiger partial charge in [0.25, 0.3) is 5.91 Å². The van der Waals surface area contributed by atoms with Gasteiger partial charge in [-0.25, -0.2) is 0 Å². The highest BCUT2D eigenvalue weighted by molar-refractivity contribution is 5.98. The molecule has 1 aliphatic rings. The van der Waals surface area contributed by atoms with Gasteiger partial charge in [0.05, 0.1) is 31.3 Å². The van der Waals surface area contributed by atoms with E-state index in [1.807, 2.05) is 36.4 Å². The summed E-state index contributed by atoms with van der Waals surface area (Å²) >= 11 is 0. The first-order valence-electron chi connectivity index (χ1n) is 9.05. The molecule has 0 aliphatic carbocycles. The van der Waals surface area contributed by atoms with E-state index in [-0.39, 0.29) is 31.4 Å². The molecule has 0 unspecified atom stereocenters. The van der Waals surface area contributed by atoms with E-state index in [0.717, 1.165) is 0 Å². The number of furan rings is 2. The minimum absolute atomic E-state index is 0.0201. The summed E-state index contributed by atoms with van der Waals surface area (Å²) in [6.45, 7) is 0.929. The van der Waals surface area contributed by atoms with Crippen LogP contribution >= 0.6 is 0 Å². The molecule has 0 N–H and O–H groups in total. The molecule has 144 valence electrons. The van der Waals surface area contributed by atoms with Gasteiger partial charge < -0.3 is 23.4 Å². The fraction of sp³-hybridized carbons (Fsp3) is 0.238. The van der Waals surface area contributed by atoms with Crippen molar-refractivity contribution < 1.29 is 23.2 Å². The van der Waals surface area contributed by atoms with Crippen molar-refractivity contribution in [1.82, 2.24) is 4.90 Å². The number of hydrogen-bond donors (Lipinski definition) is 0. The Bertz CT molecular complexity index is 897. The Hall–Kier alpha value is -3.48. The van der Waals surface area contributed by atoms with Crippen LogP contribution in [0.4, 0.5) is 5.69 Å². The lowest BCUT2D eigenvalue weighted by Crippen LogP contribution is -2.41. The van der Waals surface area contributed by atoms with E-state index in [1.54, 1.807) is 34.5 Å². The number of para-hydroxylation sites is 2. The van der Waals surface area contributed by atoms with Crippen molar-refractivity contribution in [3.8, 4) is 5.75 Å². The molecule has 7 nitrogen and oxygen atoms in total. The van der Waals surface area contributed by atoms with Gasteiger partial charge in [0.2, 0.25) is 5.91 Å². The van der Waals surface area contributed by atoms with Crippen molar-refractivity contribution in [3.63, 3.8) is 0 Å². The zero-order valence-corrected chi connectivity index (χ0v) is 15.2. The van der Waals surface area contributed by atoms with E-state index < -0.39 is 0 Å². The van der Waals surface area contributed by atoms with Gasteiger partial charge in [-0.3, -0.25) is 9.59 Å². The molecule has 2 aromatic heterocycles. The molecule has 7 heteroatoms. The summed E-state index contributed by atoms with van der Waals surface area (Å²) in [7, 11) is 0. The predicted octanol–water partition coefficient (Wildman–Crippen LogP) is 3.22. The molecule has 0 fully saturated rings. The zero-order chi connectivity index (χ0) is 19.3. The summed E-state index contributed by atoms with van der Waals surface area (Å²) in [6.07, 6.45) is 3.34. The van der Waals surface area contributed by atoms with Gasteiger partial charge in [-0.1, -0.05) is 12.1 Å². The number of benzene rings is 1. The van der Waals surface area contributed by atoms with Crippen LogP contribution in [-0.4, -0.2) is 29.9 Å². The topological polar surface area (TPSA) is 76.1 Å². The van der Waals surface area contributed by atoms with Gasteiger partial charge in [-0.2, -0.15) is 0 Å². The van der Waals surface area contributed by atoms with E-state index in [4.69, 9.17) is 13.6 Å². The predicted molar refractivity (Wildman–Crippen MR) is 101 cm³/mol. The summed E-state index contributed by atoms with van der Waals surface area (Å²) in [6, 6.07) is 14.6. The van der Waals surface area contributed by atoms with Crippen molar-refractivity contribution in [3.05, 3.63) is 72.6 Å². The third-order valence-electron chi connectivity index (χ3n) is 4.56. The Balaban J connectivity index is 1.46. The molecule has 0 atom stereocenters. The Kier molecular flexibility index (Phi) is 5.14. The molecule has 3 heterocycles. The SMILES string of the molecule is O=C(CCN1C(=O)COc2ccccc21)N(Cc1ccco1)Cc1ccco1. The maximum Gasteiger partial charge on any atom is 0.265 e. The summed E-state index contributed by atoms with van der Waals surface area (Å²) in [5, 5.41) is 0. The van der Waals surface area contributed by atoms with Crippen molar-refractivity contribution in [1.29, 1.82) is 0 Å². The Morgan fingerprint density at radius 3 is 2.29 bits per heavy atom. The van der Waals surface area contributed by atoms with Crippen LogP contribution in [0.3, 0.4) is 0 Å². The number of rotatable bonds is 7. The lowest BCUT2D eigenvalue weighted by atomic mass is 10.2. The van der Waals surface area contributed by atoms with Gasteiger partial charge in [0, 0.05) is 13.0 Å². The maximum atomic E-state index is 12.9. The summed E-state index contributed by atoms with van der Waals surface area (Å²) in [5.74, 6) is 1.78. The van der Waals surface area contributed by atoms with Gasteiger partial charge in [0.15, 0.2) is 6.61 Å². The second-order valence-corrected chi connectivity index (χ2v) is 6.46. The maximum absolute atomic E-state index is 12.9. The quantitative estimate of drug-likeness (QED) is 0.629.